The molecule has 7 heteroatoms. The number of benzene rings is 1. The summed E-state index contributed by atoms with van der Waals surface area (Å²) >= 11 is 0. The number of ether oxygens (including phenoxy) is 1. The highest BCUT2D eigenvalue weighted by Crippen LogP contribution is 2.18. The van der Waals surface area contributed by atoms with Crippen LogP contribution in [0.25, 0.3) is 0 Å². The zero-order valence-corrected chi connectivity index (χ0v) is 14.6. The number of carbonyl (C=O) groups excluding carboxylic acids is 1. The fourth-order valence-electron chi connectivity index (χ4n) is 2.62. The van der Waals surface area contributed by atoms with Crippen LogP contribution in [0.15, 0.2) is 36.7 Å². The molecule has 1 aromatic heterocycles. The molecule has 0 bridgehead atoms. The van der Waals surface area contributed by atoms with E-state index in [1.807, 2.05) is 36.1 Å². The minimum absolute atomic E-state index is 0.0618. The van der Waals surface area contributed by atoms with Gasteiger partial charge < -0.3 is 19.9 Å². The number of carbonyl (C=O) groups is 1. The highest BCUT2D eigenvalue weighted by Gasteiger charge is 2.21. The molecule has 2 aromatic rings. The highest BCUT2D eigenvalue weighted by molar-refractivity contribution is 5.92. The van der Waals surface area contributed by atoms with E-state index in [0.717, 1.165) is 37.6 Å². The summed E-state index contributed by atoms with van der Waals surface area (Å²) in [6.07, 6.45) is 3.11. The zero-order valence-electron chi connectivity index (χ0n) is 14.6. The van der Waals surface area contributed by atoms with E-state index in [-0.39, 0.29) is 5.91 Å². The van der Waals surface area contributed by atoms with Gasteiger partial charge in [0.15, 0.2) is 0 Å². The maximum Gasteiger partial charge on any atom is 0.274 e. The van der Waals surface area contributed by atoms with Crippen LogP contribution in [-0.2, 0) is 0 Å². The van der Waals surface area contributed by atoms with Crippen LogP contribution in [0.5, 0.6) is 5.75 Å². The molecule has 1 aromatic carbocycles. The number of likely N-dealkylation sites (N-methyl/N-ethyl adjacent to an activating group) is 1. The molecule has 0 spiro atoms. The van der Waals surface area contributed by atoms with E-state index in [4.69, 9.17) is 4.74 Å². The van der Waals surface area contributed by atoms with E-state index in [1.165, 1.54) is 6.20 Å². The Morgan fingerprint density at radius 2 is 1.84 bits per heavy atom. The SMILES string of the molecule is CCOc1ccc(Nc2cnc(C(=O)N3CCN(C)CC3)cn2)cc1. The second-order valence-electron chi connectivity index (χ2n) is 5.96. The molecule has 0 aliphatic carbocycles. The summed E-state index contributed by atoms with van der Waals surface area (Å²) in [6.45, 7) is 5.81. The molecule has 1 saturated heterocycles. The summed E-state index contributed by atoms with van der Waals surface area (Å²) in [5, 5.41) is 3.16. The van der Waals surface area contributed by atoms with Crippen molar-refractivity contribution in [2.75, 3.05) is 45.2 Å². The van der Waals surface area contributed by atoms with Gasteiger partial charge in [-0.3, -0.25) is 4.79 Å². The summed E-state index contributed by atoms with van der Waals surface area (Å²) in [7, 11) is 2.06. The zero-order chi connectivity index (χ0) is 17.6. The van der Waals surface area contributed by atoms with E-state index in [2.05, 4.69) is 27.2 Å². The maximum absolute atomic E-state index is 12.4. The molecule has 3 rings (SSSR count). The minimum Gasteiger partial charge on any atom is -0.494 e. The van der Waals surface area contributed by atoms with Crippen molar-refractivity contribution in [3.05, 3.63) is 42.4 Å². The molecule has 2 heterocycles. The molecule has 1 amide bonds. The molecular weight excluding hydrogens is 318 g/mol. The molecular formula is C18H23N5O2. The lowest BCUT2D eigenvalue weighted by atomic mass is 10.3. The van der Waals surface area contributed by atoms with Crippen molar-refractivity contribution in [2.24, 2.45) is 0 Å². The molecule has 0 saturated carbocycles. The van der Waals surface area contributed by atoms with Gasteiger partial charge in [0.25, 0.3) is 5.91 Å². The van der Waals surface area contributed by atoms with Crippen molar-refractivity contribution in [1.29, 1.82) is 0 Å². The Balaban J connectivity index is 1.60. The van der Waals surface area contributed by atoms with E-state index < -0.39 is 0 Å². The number of rotatable bonds is 5. The first-order valence-corrected chi connectivity index (χ1v) is 8.45. The Kier molecular flexibility index (Phi) is 5.45. The number of hydrogen-bond acceptors (Lipinski definition) is 6. The first kappa shape index (κ1) is 17.2. The van der Waals surface area contributed by atoms with Crippen molar-refractivity contribution < 1.29 is 9.53 Å². The molecule has 1 N–H and O–H groups in total. The lowest BCUT2D eigenvalue weighted by Crippen LogP contribution is -2.47. The molecule has 0 atom stereocenters. The summed E-state index contributed by atoms with van der Waals surface area (Å²) in [6, 6.07) is 7.61. The second-order valence-corrected chi connectivity index (χ2v) is 5.96. The molecule has 0 radical (unpaired) electrons. The maximum atomic E-state index is 12.4. The molecule has 0 unspecified atom stereocenters. The number of aromatic nitrogens is 2. The predicted octanol–water partition coefficient (Wildman–Crippen LogP) is 2.01. The standard InChI is InChI=1S/C18H23N5O2/c1-3-25-15-6-4-14(5-7-15)21-17-13-19-16(12-20-17)18(24)23-10-8-22(2)9-11-23/h4-7,12-13H,3,8-11H2,1-2H3,(H,20,21). The van der Waals surface area contributed by atoms with Gasteiger partial charge >= 0.3 is 0 Å². The molecule has 25 heavy (non-hydrogen) atoms. The van der Waals surface area contributed by atoms with Crippen molar-refractivity contribution >= 4 is 17.4 Å². The lowest BCUT2D eigenvalue weighted by molar-refractivity contribution is 0.0658. The lowest BCUT2D eigenvalue weighted by Gasteiger charge is -2.32. The predicted molar refractivity (Wildman–Crippen MR) is 96.3 cm³/mol. The van der Waals surface area contributed by atoms with Crippen molar-refractivity contribution in [2.45, 2.75) is 6.92 Å². The van der Waals surface area contributed by atoms with Gasteiger partial charge in [0.2, 0.25) is 0 Å². The summed E-state index contributed by atoms with van der Waals surface area (Å²) in [5.41, 5.74) is 1.26. The first-order chi connectivity index (χ1) is 12.2. The average molecular weight is 341 g/mol. The summed E-state index contributed by atoms with van der Waals surface area (Å²) in [4.78, 5) is 25.0. The Morgan fingerprint density at radius 1 is 1.12 bits per heavy atom. The molecule has 7 nitrogen and oxygen atoms in total. The van der Waals surface area contributed by atoms with Crippen LogP contribution in [-0.4, -0.2) is 65.5 Å². The van der Waals surface area contributed by atoms with Crippen molar-refractivity contribution in [3.8, 4) is 5.75 Å². The second kappa shape index (κ2) is 7.94. The van der Waals surface area contributed by atoms with Gasteiger partial charge in [0.05, 0.1) is 19.0 Å². The number of piperazine rings is 1. The number of nitrogens with zero attached hydrogens (tertiary/aromatic N) is 4. The van der Waals surface area contributed by atoms with E-state index >= 15 is 0 Å². The highest BCUT2D eigenvalue weighted by atomic mass is 16.5. The van der Waals surface area contributed by atoms with Gasteiger partial charge in [0, 0.05) is 31.9 Å². The number of amides is 1. The van der Waals surface area contributed by atoms with Crippen molar-refractivity contribution in [1.82, 2.24) is 19.8 Å². The molecule has 1 aliphatic rings. The average Bonchev–Trinajstić information content (AvgIpc) is 2.64. The van der Waals surface area contributed by atoms with Crippen LogP contribution in [0.2, 0.25) is 0 Å². The quantitative estimate of drug-likeness (QED) is 0.897. The van der Waals surface area contributed by atoms with E-state index in [0.29, 0.717) is 18.1 Å². The van der Waals surface area contributed by atoms with Gasteiger partial charge in [-0.1, -0.05) is 0 Å². The van der Waals surface area contributed by atoms with Gasteiger partial charge in [0.1, 0.15) is 17.3 Å². The molecule has 1 fully saturated rings. The van der Waals surface area contributed by atoms with Gasteiger partial charge in [-0.2, -0.15) is 0 Å². The van der Waals surface area contributed by atoms with Crippen LogP contribution >= 0.6 is 0 Å². The van der Waals surface area contributed by atoms with Crippen molar-refractivity contribution in [3.63, 3.8) is 0 Å². The van der Waals surface area contributed by atoms with Crippen LogP contribution in [0.1, 0.15) is 17.4 Å². The van der Waals surface area contributed by atoms with E-state index in [1.54, 1.807) is 6.20 Å². The Hall–Kier alpha value is -2.67. The Bertz CT molecular complexity index is 694. The fraction of sp³-hybridized carbons (Fsp3) is 0.389. The van der Waals surface area contributed by atoms with Gasteiger partial charge in [-0.25, -0.2) is 9.97 Å². The molecule has 132 valence electrons. The Labute approximate surface area is 147 Å². The van der Waals surface area contributed by atoms with Crippen LogP contribution in [0.3, 0.4) is 0 Å². The normalized spacial score (nSPS) is 15.0. The molecule has 1 aliphatic heterocycles. The topological polar surface area (TPSA) is 70.6 Å². The monoisotopic (exact) mass is 341 g/mol. The fourth-order valence-corrected chi connectivity index (χ4v) is 2.62. The largest absolute Gasteiger partial charge is 0.494 e. The van der Waals surface area contributed by atoms with Gasteiger partial charge in [-0.15, -0.1) is 0 Å². The Morgan fingerprint density at radius 3 is 2.44 bits per heavy atom. The smallest absolute Gasteiger partial charge is 0.274 e. The summed E-state index contributed by atoms with van der Waals surface area (Å²) in [5.74, 6) is 1.36. The third-order valence-electron chi connectivity index (χ3n) is 4.10. The summed E-state index contributed by atoms with van der Waals surface area (Å²) < 4.78 is 5.42. The minimum atomic E-state index is -0.0618. The number of hydrogen-bond donors (Lipinski definition) is 1. The van der Waals surface area contributed by atoms with E-state index in [9.17, 15) is 4.79 Å². The van der Waals surface area contributed by atoms with Gasteiger partial charge in [-0.05, 0) is 38.2 Å². The third kappa shape index (κ3) is 4.45. The van der Waals surface area contributed by atoms with Crippen LogP contribution in [0.4, 0.5) is 11.5 Å². The number of anilines is 2. The first-order valence-electron chi connectivity index (χ1n) is 8.45. The van der Waals surface area contributed by atoms with Crippen LogP contribution in [0, 0.1) is 0 Å². The third-order valence-corrected chi connectivity index (χ3v) is 4.10. The number of nitrogens with one attached hydrogen (secondary N) is 1. The van der Waals surface area contributed by atoms with Crippen LogP contribution < -0.4 is 10.1 Å².